The van der Waals surface area contributed by atoms with E-state index in [1.165, 1.54) is 0 Å². The maximum absolute atomic E-state index is 12.7. The smallest absolute Gasteiger partial charge is 0.283 e. The van der Waals surface area contributed by atoms with Crippen LogP contribution < -0.4 is 15.0 Å². The molecule has 0 aromatic heterocycles. The van der Waals surface area contributed by atoms with Crippen molar-refractivity contribution in [2.24, 2.45) is 0 Å². The summed E-state index contributed by atoms with van der Waals surface area (Å²) in [5.41, 5.74) is 2.23. The summed E-state index contributed by atoms with van der Waals surface area (Å²) in [4.78, 5) is 26.1. The molecule has 1 aliphatic heterocycles. The van der Waals surface area contributed by atoms with Gasteiger partial charge in [-0.3, -0.25) is 9.59 Å². The molecule has 25 heavy (non-hydrogen) atoms. The first-order chi connectivity index (χ1) is 12.0. The van der Waals surface area contributed by atoms with E-state index in [1.54, 1.807) is 36.4 Å². The second-order valence-electron chi connectivity index (χ2n) is 5.55. The van der Waals surface area contributed by atoms with Crippen LogP contribution in [0.25, 0.3) is 0 Å². The zero-order valence-electron chi connectivity index (χ0n) is 13.9. The predicted molar refractivity (Wildman–Crippen MR) is 97.8 cm³/mol. The molecule has 2 amide bonds. The number of anilines is 2. The lowest BCUT2D eigenvalue weighted by atomic mass is 10.2. The molecular weight excluding hydrogens is 340 g/mol. The number of nitrogens with zero attached hydrogens (tertiary/aromatic N) is 1. The molecule has 2 aromatic rings. The summed E-state index contributed by atoms with van der Waals surface area (Å²) in [6.07, 6.45) is 0. The van der Waals surface area contributed by atoms with E-state index in [0.29, 0.717) is 18.0 Å². The van der Waals surface area contributed by atoms with Crippen molar-refractivity contribution in [1.82, 2.24) is 0 Å². The normalized spacial score (nSPS) is 14.3. The number of ether oxygens (including phenoxy) is 1. The number of carbonyl (C=O) groups is 2. The number of carbonyl (C=O) groups excluding carboxylic acids is 2. The molecular formula is C19H17ClN2O3. The Balaban J connectivity index is 1.83. The fourth-order valence-electron chi connectivity index (χ4n) is 2.49. The minimum Gasteiger partial charge on any atom is -0.494 e. The molecule has 0 unspecified atom stereocenters. The highest BCUT2D eigenvalue weighted by Gasteiger charge is 2.38. The first kappa shape index (κ1) is 17.0. The summed E-state index contributed by atoms with van der Waals surface area (Å²) in [5, 5.41) is 2.81. The van der Waals surface area contributed by atoms with Crippen molar-refractivity contribution in [3.05, 3.63) is 64.8 Å². The third-order valence-electron chi connectivity index (χ3n) is 3.75. The van der Waals surface area contributed by atoms with Gasteiger partial charge in [0, 0.05) is 5.69 Å². The van der Waals surface area contributed by atoms with Crippen LogP contribution in [0.5, 0.6) is 5.75 Å². The minimum atomic E-state index is -0.538. The topological polar surface area (TPSA) is 58.6 Å². The number of imide groups is 1. The van der Waals surface area contributed by atoms with Crippen molar-refractivity contribution in [1.29, 1.82) is 0 Å². The Morgan fingerprint density at radius 1 is 1.00 bits per heavy atom. The molecule has 1 heterocycles. The van der Waals surface area contributed by atoms with Crippen LogP contribution in [-0.4, -0.2) is 18.4 Å². The van der Waals surface area contributed by atoms with Gasteiger partial charge in [-0.2, -0.15) is 0 Å². The minimum absolute atomic E-state index is 0.0661. The molecule has 1 aliphatic rings. The quantitative estimate of drug-likeness (QED) is 0.827. The molecule has 3 rings (SSSR count). The van der Waals surface area contributed by atoms with Crippen molar-refractivity contribution in [3.63, 3.8) is 0 Å². The molecule has 0 spiro atoms. The largest absolute Gasteiger partial charge is 0.494 e. The van der Waals surface area contributed by atoms with Crippen LogP contribution in [-0.2, 0) is 9.59 Å². The van der Waals surface area contributed by atoms with Gasteiger partial charge in [-0.1, -0.05) is 29.3 Å². The van der Waals surface area contributed by atoms with E-state index in [0.717, 1.165) is 16.2 Å². The Morgan fingerprint density at radius 2 is 1.64 bits per heavy atom. The first-order valence-electron chi connectivity index (χ1n) is 7.86. The van der Waals surface area contributed by atoms with Gasteiger partial charge in [0.05, 0.1) is 12.3 Å². The molecule has 0 atom stereocenters. The van der Waals surface area contributed by atoms with Crippen LogP contribution in [0.3, 0.4) is 0 Å². The highest BCUT2D eigenvalue weighted by Crippen LogP contribution is 2.30. The van der Waals surface area contributed by atoms with Crippen molar-refractivity contribution in [2.45, 2.75) is 13.8 Å². The Morgan fingerprint density at radius 3 is 2.24 bits per heavy atom. The Bertz CT molecular complexity index is 842. The van der Waals surface area contributed by atoms with Crippen molar-refractivity contribution in [2.75, 3.05) is 16.8 Å². The Kier molecular flexibility index (Phi) is 4.76. The van der Waals surface area contributed by atoms with Gasteiger partial charge in [-0.15, -0.1) is 0 Å². The SMILES string of the molecule is CCOc1ccc(NC2=C(Cl)C(=O)N(c3ccc(C)cc3)C2=O)cc1. The molecule has 6 heteroatoms. The number of rotatable bonds is 5. The van der Waals surface area contributed by atoms with E-state index in [4.69, 9.17) is 16.3 Å². The summed E-state index contributed by atoms with van der Waals surface area (Å²) >= 11 is 6.11. The lowest BCUT2D eigenvalue weighted by Crippen LogP contribution is -2.32. The standard InChI is InChI=1S/C19H17ClN2O3/c1-3-25-15-10-6-13(7-11-15)21-17-16(20)18(23)22(19(17)24)14-8-4-12(2)5-9-14/h4-11,21H,3H2,1-2H3. The molecule has 128 valence electrons. The van der Waals surface area contributed by atoms with E-state index in [1.807, 2.05) is 26.0 Å². The van der Waals surface area contributed by atoms with Crippen LogP contribution in [0.1, 0.15) is 12.5 Å². The molecule has 0 bridgehead atoms. The van der Waals surface area contributed by atoms with Gasteiger partial charge in [-0.25, -0.2) is 4.90 Å². The summed E-state index contributed by atoms with van der Waals surface area (Å²) in [6.45, 7) is 4.41. The maximum Gasteiger partial charge on any atom is 0.283 e. The zero-order chi connectivity index (χ0) is 18.0. The molecule has 0 aliphatic carbocycles. The number of amides is 2. The molecule has 0 fully saturated rings. The van der Waals surface area contributed by atoms with Gasteiger partial charge in [0.2, 0.25) is 0 Å². The molecule has 5 nitrogen and oxygen atoms in total. The Hall–Kier alpha value is -2.79. The lowest BCUT2D eigenvalue weighted by Gasteiger charge is -2.15. The van der Waals surface area contributed by atoms with Crippen LogP contribution in [0, 0.1) is 6.92 Å². The van der Waals surface area contributed by atoms with Gasteiger partial charge >= 0.3 is 0 Å². The Labute approximate surface area is 150 Å². The summed E-state index contributed by atoms with van der Waals surface area (Å²) in [5.74, 6) is -0.292. The number of nitrogens with one attached hydrogen (secondary N) is 1. The van der Waals surface area contributed by atoms with Crippen LogP contribution in [0.2, 0.25) is 0 Å². The van der Waals surface area contributed by atoms with Crippen molar-refractivity contribution >= 4 is 34.8 Å². The van der Waals surface area contributed by atoms with Gasteiger partial charge in [0.1, 0.15) is 16.5 Å². The van der Waals surface area contributed by atoms with E-state index >= 15 is 0 Å². The van der Waals surface area contributed by atoms with E-state index in [-0.39, 0.29) is 10.7 Å². The van der Waals surface area contributed by atoms with Gasteiger partial charge in [-0.05, 0) is 50.2 Å². The molecule has 1 N–H and O–H groups in total. The summed E-state index contributed by atoms with van der Waals surface area (Å²) in [7, 11) is 0. The lowest BCUT2D eigenvalue weighted by molar-refractivity contribution is -0.120. The third kappa shape index (κ3) is 3.37. The third-order valence-corrected chi connectivity index (χ3v) is 4.10. The van der Waals surface area contributed by atoms with Gasteiger partial charge in [0.25, 0.3) is 11.8 Å². The fourth-order valence-corrected chi connectivity index (χ4v) is 2.70. The van der Waals surface area contributed by atoms with E-state index < -0.39 is 11.8 Å². The summed E-state index contributed by atoms with van der Waals surface area (Å²) in [6, 6.07) is 14.2. The highest BCUT2D eigenvalue weighted by molar-refractivity contribution is 6.53. The van der Waals surface area contributed by atoms with Crippen LogP contribution >= 0.6 is 11.6 Å². The average molecular weight is 357 g/mol. The van der Waals surface area contributed by atoms with Gasteiger partial charge in [0.15, 0.2) is 0 Å². The van der Waals surface area contributed by atoms with E-state index in [2.05, 4.69) is 5.32 Å². The van der Waals surface area contributed by atoms with Gasteiger partial charge < -0.3 is 10.1 Å². The second-order valence-corrected chi connectivity index (χ2v) is 5.93. The second kappa shape index (κ2) is 6.99. The average Bonchev–Trinajstić information content (AvgIpc) is 2.81. The van der Waals surface area contributed by atoms with Crippen molar-refractivity contribution < 1.29 is 14.3 Å². The number of aryl methyl sites for hydroxylation is 1. The maximum atomic E-state index is 12.7. The summed E-state index contributed by atoms with van der Waals surface area (Å²) < 4.78 is 5.38. The first-order valence-corrected chi connectivity index (χ1v) is 8.24. The zero-order valence-corrected chi connectivity index (χ0v) is 14.6. The molecule has 0 radical (unpaired) electrons. The number of benzene rings is 2. The highest BCUT2D eigenvalue weighted by atomic mass is 35.5. The molecule has 0 saturated carbocycles. The van der Waals surface area contributed by atoms with Crippen LogP contribution in [0.4, 0.5) is 11.4 Å². The molecule has 2 aromatic carbocycles. The van der Waals surface area contributed by atoms with E-state index in [9.17, 15) is 9.59 Å². The van der Waals surface area contributed by atoms with Crippen LogP contribution in [0.15, 0.2) is 59.3 Å². The number of hydrogen-bond donors (Lipinski definition) is 1. The predicted octanol–water partition coefficient (Wildman–Crippen LogP) is 3.83. The molecule has 0 saturated heterocycles. The number of hydrogen-bond acceptors (Lipinski definition) is 4. The monoisotopic (exact) mass is 356 g/mol. The van der Waals surface area contributed by atoms with Crippen molar-refractivity contribution in [3.8, 4) is 5.75 Å². The number of halogens is 1. The fraction of sp³-hybridized carbons (Fsp3) is 0.158.